The molecule has 0 aliphatic rings. The number of guanidine groups is 1. The normalized spacial score (nSPS) is 15.1. The van der Waals surface area contributed by atoms with Crippen LogP contribution in [0.5, 0.6) is 0 Å². The van der Waals surface area contributed by atoms with Crippen LogP contribution in [-0.4, -0.2) is 50.9 Å². The van der Waals surface area contributed by atoms with Crippen LogP contribution in [0.1, 0.15) is 101 Å². The van der Waals surface area contributed by atoms with E-state index in [0.717, 1.165) is 72.9 Å². The van der Waals surface area contributed by atoms with Gasteiger partial charge in [0.15, 0.2) is 5.96 Å². The van der Waals surface area contributed by atoms with E-state index in [-0.39, 0.29) is 12.5 Å². The second kappa shape index (κ2) is 18.7. The van der Waals surface area contributed by atoms with Crippen LogP contribution < -0.4 is 11.1 Å². The van der Waals surface area contributed by atoms with Crippen LogP contribution in [0.15, 0.2) is 71.4 Å². The molecule has 42 heavy (non-hydrogen) atoms. The molecular formula is C34H50N4O4. The first-order valence-electron chi connectivity index (χ1n) is 15.1. The first-order chi connectivity index (χ1) is 20.2. The second-order valence-corrected chi connectivity index (χ2v) is 10.6. The number of aliphatic carboxylic acids is 1. The monoisotopic (exact) mass is 578 g/mol. The van der Waals surface area contributed by atoms with Gasteiger partial charge in [0.1, 0.15) is 12.1 Å². The second-order valence-electron chi connectivity index (χ2n) is 10.6. The van der Waals surface area contributed by atoms with Crippen molar-refractivity contribution in [3.63, 3.8) is 0 Å². The van der Waals surface area contributed by atoms with Gasteiger partial charge in [-0.05, 0) is 55.9 Å². The summed E-state index contributed by atoms with van der Waals surface area (Å²) in [4.78, 5) is 19.6. The molecule has 8 heteroatoms. The van der Waals surface area contributed by atoms with E-state index in [1.807, 2.05) is 62.4 Å². The summed E-state index contributed by atoms with van der Waals surface area (Å²) in [6.45, 7) is 8.22. The highest BCUT2D eigenvalue weighted by Gasteiger charge is 2.22. The first-order valence-corrected chi connectivity index (χ1v) is 15.1. The van der Waals surface area contributed by atoms with E-state index in [0.29, 0.717) is 12.0 Å². The zero-order chi connectivity index (χ0) is 30.9. The van der Waals surface area contributed by atoms with Crippen molar-refractivity contribution in [2.24, 2.45) is 10.7 Å². The highest BCUT2D eigenvalue weighted by atomic mass is 16.4. The number of aliphatic hydroxyl groups is 2. The van der Waals surface area contributed by atoms with Crippen LogP contribution in [0, 0.1) is 6.92 Å². The third-order valence-electron chi connectivity index (χ3n) is 7.29. The average Bonchev–Trinajstić information content (AvgIpc) is 3.35. The van der Waals surface area contributed by atoms with Gasteiger partial charge in [0.05, 0.1) is 12.6 Å². The summed E-state index contributed by atoms with van der Waals surface area (Å²) in [5, 5.41) is 34.8. The predicted molar refractivity (Wildman–Crippen MR) is 172 cm³/mol. The molecule has 0 saturated heterocycles. The lowest BCUT2D eigenvalue weighted by molar-refractivity contribution is -0.137. The fourth-order valence-corrected chi connectivity index (χ4v) is 4.91. The Hall–Kier alpha value is -3.62. The van der Waals surface area contributed by atoms with E-state index in [4.69, 9.17) is 5.73 Å². The van der Waals surface area contributed by atoms with Gasteiger partial charge in [-0.25, -0.2) is 9.79 Å². The standard InChI is InChI=1S/C34H50N4O4/c1-5-8-11-16-25(15-7-3)22-29(33(41)42)38-34(35)36-21-20-27(30(39)19-12-9-6-2)31-24(4)28(23-37-31)32(40)26-17-13-10-14-18-26/h7,10,13-15,17-18,20,22-23,29-30,32,37,39-40H,5-6,8-9,11-12,16,19,21H2,1-4H3,(H,41,42)(H3,35,36,38). The molecule has 0 amide bonds. The molecule has 0 bridgehead atoms. The number of allylic oxidation sites excluding steroid dienone is 3. The van der Waals surface area contributed by atoms with Crippen LogP contribution in [-0.2, 0) is 4.79 Å². The van der Waals surface area contributed by atoms with Crippen LogP contribution in [0.3, 0.4) is 0 Å². The Kier molecular flexibility index (Phi) is 15.4. The lowest BCUT2D eigenvalue weighted by Gasteiger charge is -2.17. The van der Waals surface area contributed by atoms with E-state index < -0.39 is 24.2 Å². The van der Waals surface area contributed by atoms with Gasteiger partial charge >= 0.3 is 5.97 Å². The number of aliphatic imine (C=N–C) groups is 1. The molecule has 3 unspecified atom stereocenters. The number of aliphatic hydroxyl groups excluding tert-OH is 2. The highest BCUT2D eigenvalue weighted by molar-refractivity contribution is 5.86. The molecule has 0 radical (unpaired) electrons. The maximum atomic E-state index is 12.0. The topological polar surface area (TPSA) is 144 Å². The quantitative estimate of drug-likeness (QED) is 0.0540. The highest BCUT2D eigenvalue weighted by Crippen LogP contribution is 2.31. The third-order valence-corrected chi connectivity index (χ3v) is 7.29. The number of benzene rings is 1. The SMILES string of the molecule is CC=CC(=CC(NC(N)=NCC=C(c1[nH]cc(C(O)c2ccccc2)c1C)C(O)CCCCC)C(=O)O)CCCCC. The summed E-state index contributed by atoms with van der Waals surface area (Å²) in [7, 11) is 0. The molecule has 2 rings (SSSR count). The van der Waals surface area contributed by atoms with Crippen molar-refractivity contribution in [2.45, 2.75) is 97.3 Å². The largest absolute Gasteiger partial charge is 0.479 e. The fourth-order valence-electron chi connectivity index (χ4n) is 4.91. The fraction of sp³-hybridized carbons (Fsp3) is 0.471. The van der Waals surface area contributed by atoms with Crippen LogP contribution >= 0.6 is 0 Å². The van der Waals surface area contributed by atoms with Crippen LogP contribution in [0.4, 0.5) is 0 Å². The lowest BCUT2D eigenvalue weighted by atomic mass is 9.94. The van der Waals surface area contributed by atoms with Gasteiger partial charge in [0, 0.05) is 23.0 Å². The van der Waals surface area contributed by atoms with Crippen LogP contribution in [0.25, 0.3) is 5.57 Å². The van der Waals surface area contributed by atoms with E-state index >= 15 is 0 Å². The molecule has 230 valence electrons. The Labute approximate surface area is 251 Å². The Morgan fingerprint density at radius 1 is 1.10 bits per heavy atom. The number of hydrogen-bond donors (Lipinski definition) is 6. The summed E-state index contributed by atoms with van der Waals surface area (Å²) in [5.74, 6) is -1.04. The molecule has 8 nitrogen and oxygen atoms in total. The molecule has 1 aromatic heterocycles. The van der Waals surface area contributed by atoms with Crippen LogP contribution in [0.2, 0.25) is 0 Å². The maximum absolute atomic E-state index is 12.0. The molecule has 0 fully saturated rings. The third kappa shape index (κ3) is 11.0. The summed E-state index contributed by atoms with van der Waals surface area (Å²) in [6.07, 6.45) is 15.0. The molecule has 0 aliphatic heterocycles. The molecule has 0 aliphatic carbocycles. The Bertz CT molecular complexity index is 1210. The molecule has 1 heterocycles. The Balaban J connectivity index is 2.29. The van der Waals surface area contributed by atoms with Gasteiger partial charge in [-0.2, -0.15) is 0 Å². The number of carboxylic acid groups (broad SMARTS) is 1. The first kappa shape index (κ1) is 34.6. The van der Waals surface area contributed by atoms with Gasteiger partial charge in [0.25, 0.3) is 0 Å². The van der Waals surface area contributed by atoms with Gasteiger partial charge in [-0.3, -0.25) is 0 Å². The summed E-state index contributed by atoms with van der Waals surface area (Å²) >= 11 is 0. The molecule has 0 saturated carbocycles. The zero-order valence-electron chi connectivity index (χ0n) is 25.6. The number of unbranched alkanes of at least 4 members (excludes halogenated alkanes) is 4. The molecular weight excluding hydrogens is 528 g/mol. The summed E-state index contributed by atoms with van der Waals surface area (Å²) < 4.78 is 0. The number of aromatic nitrogens is 1. The van der Waals surface area contributed by atoms with Crippen molar-refractivity contribution in [1.82, 2.24) is 10.3 Å². The van der Waals surface area contributed by atoms with Crippen molar-refractivity contribution in [3.8, 4) is 0 Å². The number of nitrogens with two attached hydrogens (primary N) is 1. The number of hydrogen-bond acceptors (Lipinski definition) is 4. The Morgan fingerprint density at radius 3 is 2.43 bits per heavy atom. The lowest BCUT2D eigenvalue weighted by Crippen LogP contribution is -2.43. The van der Waals surface area contributed by atoms with Crippen molar-refractivity contribution in [3.05, 3.63) is 88.8 Å². The number of aromatic amines is 1. The number of carbonyl (C=O) groups is 1. The minimum absolute atomic E-state index is 0.00602. The smallest absolute Gasteiger partial charge is 0.330 e. The molecule has 1 aromatic carbocycles. The van der Waals surface area contributed by atoms with Crippen molar-refractivity contribution in [1.29, 1.82) is 0 Å². The van der Waals surface area contributed by atoms with Gasteiger partial charge < -0.3 is 31.4 Å². The maximum Gasteiger partial charge on any atom is 0.330 e. The van der Waals surface area contributed by atoms with Crippen molar-refractivity contribution < 1.29 is 20.1 Å². The minimum atomic E-state index is -1.04. The summed E-state index contributed by atoms with van der Waals surface area (Å²) in [5.41, 5.74) is 10.8. The molecule has 0 spiro atoms. The zero-order valence-corrected chi connectivity index (χ0v) is 25.6. The van der Waals surface area contributed by atoms with Gasteiger partial charge in [0.2, 0.25) is 0 Å². The average molecular weight is 579 g/mol. The number of nitrogens with one attached hydrogen (secondary N) is 2. The molecule has 7 N–H and O–H groups in total. The Morgan fingerprint density at radius 2 is 1.79 bits per heavy atom. The number of carboxylic acids is 1. The van der Waals surface area contributed by atoms with E-state index in [1.54, 1.807) is 12.3 Å². The van der Waals surface area contributed by atoms with Crippen molar-refractivity contribution >= 4 is 17.5 Å². The molecule has 2 aromatic rings. The predicted octanol–water partition coefficient (Wildman–Crippen LogP) is 6.17. The minimum Gasteiger partial charge on any atom is -0.479 e. The molecule has 3 atom stereocenters. The number of rotatable bonds is 18. The van der Waals surface area contributed by atoms with Gasteiger partial charge in [-0.1, -0.05) is 94.5 Å². The van der Waals surface area contributed by atoms with Gasteiger partial charge in [-0.15, -0.1) is 0 Å². The number of nitrogens with zero attached hydrogens (tertiary/aromatic N) is 1. The van der Waals surface area contributed by atoms with Crippen molar-refractivity contribution in [2.75, 3.05) is 6.54 Å². The van der Waals surface area contributed by atoms with E-state index in [2.05, 4.69) is 29.1 Å². The van der Waals surface area contributed by atoms with E-state index in [1.165, 1.54) is 0 Å². The van der Waals surface area contributed by atoms with E-state index in [9.17, 15) is 20.1 Å². The summed E-state index contributed by atoms with van der Waals surface area (Å²) in [6, 6.07) is 8.42. The number of H-pyrrole nitrogens is 1.